The molecule has 1 unspecified atom stereocenters. The molecule has 1 heterocycles. The van der Waals surface area contributed by atoms with Gasteiger partial charge in [-0.1, -0.05) is 56.3 Å². The fraction of sp³-hybridized carbons (Fsp3) is 0.760. The van der Waals surface area contributed by atoms with Crippen LogP contribution in [0.5, 0.6) is 5.75 Å². The molecule has 1 atom stereocenters. The van der Waals surface area contributed by atoms with E-state index in [2.05, 4.69) is 13.0 Å². The van der Waals surface area contributed by atoms with E-state index in [0.717, 1.165) is 23.3 Å². The molecule has 1 nitrogen and oxygen atoms in total. The molecular formula is C25H34ClF3O. The van der Waals surface area contributed by atoms with Gasteiger partial charge in [-0.05, 0) is 85.8 Å². The van der Waals surface area contributed by atoms with Gasteiger partial charge < -0.3 is 4.74 Å². The van der Waals surface area contributed by atoms with Crippen molar-refractivity contribution in [1.82, 2.24) is 0 Å². The molecule has 2 saturated carbocycles. The van der Waals surface area contributed by atoms with E-state index < -0.39 is 11.2 Å². The Hall–Kier alpha value is -0.900. The van der Waals surface area contributed by atoms with Gasteiger partial charge in [-0.15, -0.1) is 0 Å². The van der Waals surface area contributed by atoms with Gasteiger partial charge in [-0.3, -0.25) is 0 Å². The first-order chi connectivity index (χ1) is 14.3. The first kappa shape index (κ1) is 22.3. The molecule has 4 rings (SSSR count). The van der Waals surface area contributed by atoms with E-state index in [1.807, 2.05) is 6.07 Å². The van der Waals surface area contributed by atoms with Crippen molar-refractivity contribution in [2.75, 3.05) is 0 Å². The Bertz CT molecular complexity index is 718. The third-order valence-corrected chi connectivity index (χ3v) is 8.47. The molecule has 1 aromatic rings. The summed E-state index contributed by atoms with van der Waals surface area (Å²) in [5.74, 6) is 3.55. The van der Waals surface area contributed by atoms with Gasteiger partial charge in [0.05, 0.1) is 0 Å². The number of hydrogen-bond donors (Lipinski definition) is 0. The topological polar surface area (TPSA) is 9.23 Å². The fourth-order valence-corrected chi connectivity index (χ4v) is 6.33. The van der Waals surface area contributed by atoms with Crippen molar-refractivity contribution in [3.8, 4) is 5.75 Å². The van der Waals surface area contributed by atoms with E-state index in [-0.39, 0.29) is 12.2 Å². The van der Waals surface area contributed by atoms with Crippen molar-refractivity contribution in [1.29, 1.82) is 0 Å². The van der Waals surface area contributed by atoms with Crippen LogP contribution < -0.4 is 4.74 Å². The second-order valence-electron chi connectivity index (χ2n) is 9.88. The summed E-state index contributed by atoms with van der Waals surface area (Å²) >= 11 is 5.74. The van der Waals surface area contributed by atoms with Crippen LogP contribution in [-0.4, -0.2) is 11.2 Å². The van der Waals surface area contributed by atoms with E-state index in [9.17, 15) is 13.2 Å². The van der Waals surface area contributed by atoms with Gasteiger partial charge in [0.1, 0.15) is 5.75 Å². The minimum absolute atomic E-state index is 0.234. The van der Waals surface area contributed by atoms with Crippen molar-refractivity contribution >= 4 is 11.6 Å². The monoisotopic (exact) mass is 442 g/mol. The minimum atomic E-state index is -4.57. The Balaban J connectivity index is 1.33. The van der Waals surface area contributed by atoms with Crippen molar-refractivity contribution in [3.05, 3.63) is 29.3 Å². The van der Waals surface area contributed by atoms with Crippen LogP contribution in [0.25, 0.3) is 0 Å². The molecule has 0 spiro atoms. The molecule has 1 aromatic carbocycles. The highest BCUT2D eigenvalue weighted by atomic mass is 35.5. The van der Waals surface area contributed by atoms with Crippen LogP contribution in [-0.2, 0) is 6.42 Å². The van der Waals surface area contributed by atoms with Crippen LogP contribution in [0.3, 0.4) is 0 Å². The third kappa shape index (κ3) is 4.64. The van der Waals surface area contributed by atoms with Crippen LogP contribution in [0.2, 0.25) is 0 Å². The molecule has 0 aromatic heterocycles. The summed E-state index contributed by atoms with van der Waals surface area (Å²) < 4.78 is 44.7. The SMILES string of the molecule is CCCC1CCC(C2CCC(c3ccc4c(c3)CCC(Cl)(C(F)(F)F)O4)CC2)CC1. The summed E-state index contributed by atoms with van der Waals surface area (Å²) in [4.78, 5) is 0. The molecule has 1 aliphatic heterocycles. The maximum atomic E-state index is 13.2. The van der Waals surface area contributed by atoms with Gasteiger partial charge >= 0.3 is 6.18 Å². The van der Waals surface area contributed by atoms with Gasteiger partial charge in [-0.25, -0.2) is 0 Å². The Morgan fingerprint density at radius 1 is 1.00 bits per heavy atom. The zero-order valence-corrected chi connectivity index (χ0v) is 18.7. The molecule has 0 radical (unpaired) electrons. The van der Waals surface area contributed by atoms with Crippen LogP contribution >= 0.6 is 11.6 Å². The maximum absolute atomic E-state index is 13.2. The van der Waals surface area contributed by atoms with E-state index in [4.69, 9.17) is 16.3 Å². The number of rotatable bonds is 4. The van der Waals surface area contributed by atoms with Crippen LogP contribution in [0.4, 0.5) is 13.2 Å². The average molecular weight is 443 g/mol. The predicted octanol–water partition coefficient (Wildman–Crippen LogP) is 8.39. The number of alkyl halides is 4. The second-order valence-corrected chi connectivity index (χ2v) is 10.5. The molecule has 0 amide bonds. The standard InChI is InChI=1S/C25H34ClF3O/c1-2-3-17-4-6-18(7-5-17)19-8-10-20(11-9-19)21-12-13-23-22(16-21)14-15-24(26,30-23)25(27,28)29/h12-13,16-20H,2-11,14-15H2,1H3. The first-order valence-corrected chi connectivity index (χ1v) is 12.2. The number of halogens is 4. The van der Waals surface area contributed by atoms with Gasteiger partial charge in [0.15, 0.2) is 0 Å². The Labute approximate surface area is 183 Å². The zero-order valence-electron chi connectivity index (χ0n) is 17.9. The third-order valence-electron chi connectivity index (χ3n) is 7.99. The van der Waals surface area contributed by atoms with Crippen LogP contribution in [0.15, 0.2) is 18.2 Å². The number of aryl methyl sites for hydroxylation is 1. The smallest absolute Gasteiger partial charge is 0.443 e. The van der Waals surface area contributed by atoms with E-state index >= 15 is 0 Å². The molecule has 5 heteroatoms. The number of ether oxygens (including phenoxy) is 1. The minimum Gasteiger partial charge on any atom is -0.462 e. The highest BCUT2D eigenvalue weighted by Crippen LogP contribution is 2.48. The van der Waals surface area contributed by atoms with Crippen LogP contribution in [0.1, 0.15) is 94.6 Å². The maximum Gasteiger partial charge on any atom is 0.443 e. The van der Waals surface area contributed by atoms with E-state index in [1.54, 1.807) is 6.07 Å². The molecule has 0 bridgehead atoms. The fourth-order valence-electron chi connectivity index (χ4n) is 6.15. The predicted molar refractivity (Wildman–Crippen MR) is 115 cm³/mol. The average Bonchev–Trinajstić information content (AvgIpc) is 2.74. The number of benzene rings is 1. The van der Waals surface area contributed by atoms with Gasteiger partial charge in [-0.2, -0.15) is 13.2 Å². The van der Waals surface area contributed by atoms with Gasteiger partial charge in [0, 0.05) is 6.42 Å². The quantitative estimate of drug-likeness (QED) is 0.425. The second kappa shape index (κ2) is 8.92. The largest absolute Gasteiger partial charge is 0.462 e. The summed E-state index contributed by atoms with van der Waals surface area (Å²) in [6.45, 7) is 2.29. The Morgan fingerprint density at radius 2 is 1.63 bits per heavy atom. The van der Waals surface area contributed by atoms with Crippen molar-refractivity contribution in [2.24, 2.45) is 17.8 Å². The molecule has 30 heavy (non-hydrogen) atoms. The normalized spacial score (nSPS) is 34.8. The lowest BCUT2D eigenvalue weighted by molar-refractivity contribution is -0.218. The lowest BCUT2D eigenvalue weighted by Gasteiger charge is -2.38. The van der Waals surface area contributed by atoms with Gasteiger partial charge in [0.2, 0.25) is 0 Å². The summed E-state index contributed by atoms with van der Waals surface area (Å²) in [5.41, 5.74) is 2.13. The van der Waals surface area contributed by atoms with Crippen LogP contribution in [0, 0.1) is 17.8 Å². The number of hydrogen-bond acceptors (Lipinski definition) is 1. The molecule has 0 N–H and O–H groups in total. The summed E-state index contributed by atoms with van der Waals surface area (Å²) in [5, 5.41) is -2.59. The zero-order chi connectivity index (χ0) is 21.4. The molecule has 2 aliphatic carbocycles. The van der Waals surface area contributed by atoms with Gasteiger partial charge in [0.25, 0.3) is 5.06 Å². The lowest BCUT2D eigenvalue weighted by atomic mass is 9.68. The number of fused-ring (bicyclic) bond motifs is 1. The van der Waals surface area contributed by atoms with E-state index in [1.165, 1.54) is 69.8 Å². The van der Waals surface area contributed by atoms with Crippen molar-refractivity contribution < 1.29 is 17.9 Å². The van der Waals surface area contributed by atoms with Crippen molar-refractivity contribution in [2.45, 2.75) is 101 Å². The molecule has 2 fully saturated rings. The summed E-state index contributed by atoms with van der Waals surface area (Å²) in [6, 6.07) is 5.73. The van der Waals surface area contributed by atoms with E-state index in [0.29, 0.717) is 12.3 Å². The first-order valence-electron chi connectivity index (χ1n) is 11.9. The van der Waals surface area contributed by atoms with Crippen molar-refractivity contribution in [3.63, 3.8) is 0 Å². The molecular weight excluding hydrogens is 409 g/mol. The summed E-state index contributed by atoms with van der Waals surface area (Å²) in [6.07, 6.45) is 8.85. The Morgan fingerprint density at radius 3 is 2.23 bits per heavy atom. The lowest BCUT2D eigenvalue weighted by Crippen LogP contribution is -2.47. The molecule has 3 aliphatic rings. The Kier molecular flexibility index (Phi) is 6.63. The molecule has 168 valence electrons. The molecule has 0 saturated heterocycles. The highest BCUT2D eigenvalue weighted by molar-refractivity contribution is 6.23. The summed E-state index contributed by atoms with van der Waals surface area (Å²) in [7, 11) is 0. The highest BCUT2D eigenvalue weighted by Gasteiger charge is 2.57.